The first kappa shape index (κ1) is 32.4. The molecule has 0 amide bonds. The normalized spacial score (nSPS) is 15.9. The lowest BCUT2D eigenvalue weighted by atomic mass is 9.97. The predicted octanol–water partition coefficient (Wildman–Crippen LogP) is 11.4. The minimum Gasteiger partial charge on any atom is -0.106 e. The molecule has 0 radical (unpaired) electrons. The molecule has 0 aromatic rings. The molecular weight excluding hydrogens is 688 g/mol. The maximum atomic E-state index is 6.37. The second-order valence-corrected chi connectivity index (χ2v) is 16.5. The molecule has 0 rings (SSSR count). The van der Waals surface area contributed by atoms with Gasteiger partial charge in [0.2, 0.25) is 7.59 Å². The second kappa shape index (κ2) is 11.0. The van der Waals surface area contributed by atoms with Crippen LogP contribution in [0.5, 0.6) is 0 Å². The summed E-state index contributed by atoms with van der Waals surface area (Å²) in [6.07, 6.45) is 3.27. The molecule has 0 spiro atoms. The molecule has 0 saturated carbocycles. The zero-order valence-electron chi connectivity index (χ0n) is 13.7. The lowest BCUT2D eigenvalue weighted by molar-refractivity contribution is 0.417. The number of hydrogen-bond donors (Lipinski definition) is 0. The third kappa shape index (κ3) is 6.12. The van der Waals surface area contributed by atoms with Crippen molar-refractivity contribution in [1.29, 1.82) is 0 Å². The summed E-state index contributed by atoms with van der Waals surface area (Å²) < 4.78 is -15.3. The van der Waals surface area contributed by atoms with Crippen LogP contribution in [-0.4, -0.2) is 29.8 Å². The van der Waals surface area contributed by atoms with Crippen LogP contribution >= 0.6 is 174 Å². The SMILES string of the molecule is CCCCCCC(Cl)(Cl)C(Cl)(Cl)C(Cl)(Cl)C(Cl)(Cl)C(Cl)(C(Cl)(Cl)Cl)C(Cl)(Cl)Cl. The summed E-state index contributed by atoms with van der Waals surface area (Å²) >= 11 is 92.7. The van der Waals surface area contributed by atoms with Crippen LogP contribution in [0.3, 0.4) is 0 Å². The third-order valence-electron chi connectivity index (χ3n) is 3.81. The van der Waals surface area contributed by atoms with Gasteiger partial charge >= 0.3 is 0 Å². The summed E-state index contributed by atoms with van der Waals surface area (Å²) in [7, 11) is 0. The zero-order valence-corrected chi connectivity index (χ0v) is 25.0. The van der Waals surface area contributed by atoms with Crippen LogP contribution in [0.1, 0.15) is 39.0 Å². The highest BCUT2D eigenvalue weighted by Crippen LogP contribution is 2.72. The van der Waals surface area contributed by atoms with E-state index in [1.165, 1.54) is 0 Å². The topological polar surface area (TPSA) is 0 Å². The third-order valence-corrected chi connectivity index (χ3v) is 12.7. The van der Waals surface area contributed by atoms with Crippen molar-refractivity contribution in [2.75, 3.05) is 0 Å². The van der Waals surface area contributed by atoms with E-state index in [9.17, 15) is 0 Å². The zero-order chi connectivity index (χ0) is 23.0. The van der Waals surface area contributed by atoms with E-state index in [1.54, 1.807) is 0 Å². The van der Waals surface area contributed by atoms with Gasteiger partial charge in [0.25, 0.3) is 0 Å². The maximum absolute atomic E-state index is 6.37. The lowest BCUT2D eigenvalue weighted by Crippen LogP contribution is -2.71. The molecule has 0 aliphatic rings. The summed E-state index contributed by atoms with van der Waals surface area (Å²) in [5.74, 6) is 0. The van der Waals surface area contributed by atoms with Crippen LogP contribution in [0.2, 0.25) is 0 Å². The fourth-order valence-electron chi connectivity index (χ4n) is 2.09. The number of halogens is 15. The average Bonchev–Trinajstić information content (AvgIpc) is 2.47. The van der Waals surface area contributed by atoms with Gasteiger partial charge in [-0.2, -0.15) is 0 Å². The van der Waals surface area contributed by atoms with Crippen LogP contribution in [0.25, 0.3) is 0 Å². The average molecular weight is 701 g/mol. The molecule has 28 heavy (non-hydrogen) atoms. The molecule has 0 nitrogen and oxygen atoms in total. The summed E-state index contributed by atoms with van der Waals surface area (Å²) in [5.41, 5.74) is 0. The molecule has 0 heterocycles. The van der Waals surface area contributed by atoms with Gasteiger partial charge in [-0.3, -0.25) is 0 Å². The molecule has 0 fully saturated rings. The van der Waals surface area contributed by atoms with Crippen LogP contribution < -0.4 is 0 Å². The number of unbranched alkanes of at least 4 members (excludes halogenated alkanes) is 3. The van der Waals surface area contributed by atoms with Crippen LogP contribution in [0, 0.1) is 0 Å². The molecule has 0 bridgehead atoms. The van der Waals surface area contributed by atoms with Gasteiger partial charge in [-0.15, -0.1) is 11.6 Å². The van der Waals surface area contributed by atoms with Crippen LogP contribution in [-0.2, 0) is 0 Å². The van der Waals surface area contributed by atoms with Crippen molar-refractivity contribution < 1.29 is 0 Å². The van der Waals surface area contributed by atoms with Gasteiger partial charge in [-0.1, -0.05) is 195 Å². The molecule has 0 aliphatic heterocycles. The Bertz CT molecular complexity index is 499. The van der Waals surface area contributed by atoms with Gasteiger partial charge in [0.1, 0.15) is 0 Å². The molecule has 0 aliphatic carbocycles. The Balaban J connectivity index is 6.29. The van der Waals surface area contributed by atoms with Crippen molar-refractivity contribution in [1.82, 2.24) is 0 Å². The Morgan fingerprint density at radius 1 is 0.464 bits per heavy atom. The lowest BCUT2D eigenvalue weighted by Gasteiger charge is -2.54. The number of alkyl halides is 15. The van der Waals surface area contributed by atoms with Gasteiger partial charge in [-0.25, -0.2) is 0 Å². The van der Waals surface area contributed by atoms with Crippen molar-refractivity contribution in [3.63, 3.8) is 0 Å². The molecule has 0 aromatic carbocycles. The van der Waals surface area contributed by atoms with Gasteiger partial charge in [-0.05, 0) is 6.42 Å². The molecule has 0 aromatic heterocycles. The Morgan fingerprint density at radius 2 is 0.857 bits per heavy atom. The van der Waals surface area contributed by atoms with E-state index in [4.69, 9.17) is 174 Å². The predicted molar refractivity (Wildman–Crippen MR) is 136 cm³/mol. The minimum atomic E-state index is -2.83. The number of rotatable bonds is 9. The van der Waals surface area contributed by atoms with Gasteiger partial charge in [0.05, 0.1) is 0 Å². The van der Waals surface area contributed by atoms with E-state index in [0.29, 0.717) is 6.42 Å². The van der Waals surface area contributed by atoms with E-state index in [-0.39, 0.29) is 6.42 Å². The molecule has 0 unspecified atom stereocenters. The van der Waals surface area contributed by atoms with E-state index in [0.717, 1.165) is 19.3 Å². The minimum absolute atomic E-state index is 0.0605. The van der Waals surface area contributed by atoms with Gasteiger partial charge in [0.15, 0.2) is 22.2 Å². The Hall–Kier alpha value is 4.35. The molecule has 15 heteroatoms. The van der Waals surface area contributed by atoms with Gasteiger partial charge < -0.3 is 0 Å². The highest BCUT2D eigenvalue weighted by atomic mass is 35.6. The van der Waals surface area contributed by atoms with Crippen molar-refractivity contribution >= 4 is 174 Å². The standard InChI is InChI=1S/C13H13Cl15/c1-2-3-4-5-6-7(14,15)9(17,18)11(21,22)10(19,20)8(16,12(23,24)25)13(26,27)28/h2-6H2,1H3. The van der Waals surface area contributed by atoms with Crippen molar-refractivity contribution in [3.8, 4) is 0 Å². The fraction of sp³-hybridized carbons (Fsp3) is 1.00. The highest BCUT2D eigenvalue weighted by Gasteiger charge is 2.81. The molecule has 0 saturated heterocycles. The van der Waals surface area contributed by atoms with Crippen molar-refractivity contribution in [3.05, 3.63) is 0 Å². The fourth-order valence-corrected chi connectivity index (χ4v) is 7.91. The largest absolute Gasteiger partial charge is 0.216 e. The Morgan fingerprint density at radius 3 is 1.18 bits per heavy atom. The first-order valence-electron chi connectivity index (χ1n) is 7.40. The monoisotopic (exact) mass is 694 g/mol. The quantitative estimate of drug-likeness (QED) is 0.166. The molecule has 0 N–H and O–H groups in total. The first-order chi connectivity index (χ1) is 12.1. The van der Waals surface area contributed by atoms with Crippen LogP contribution in [0.15, 0.2) is 0 Å². The smallest absolute Gasteiger partial charge is 0.106 e. The molecular formula is C13H13Cl15. The summed E-state index contributed by atoms with van der Waals surface area (Å²) in [6.45, 7) is 2.02. The highest BCUT2D eigenvalue weighted by molar-refractivity contribution is 6.82. The number of hydrogen-bond acceptors (Lipinski definition) is 0. The van der Waals surface area contributed by atoms with E-state index < -0.39 is 29.8 Å². The molecule has 170 valence electrons. The van der Waals surface area contributed by atoms with E-state index in [1.807, 2.05) is 6.92 Å². The second-order valence-electron chi connectivity index (χ2n) is 5.89. The van der Waals surface area contributed by atoms with E-state index in [2.05, 4.69) is 0 Å². The van der Waals surface area contributed by atoms with Gasteiger partial charge in [0, 0.05) is 0 Å². The summed E-state index contributed by atoms with van der Waals surface area (Å²) in [6, 6.07) is 0. The summed E-state index contributed by atoms with van der Waals surface area (Å²) in [4.78, 5) is -2.78. The molecule has 0 atom stereocenters. The summed E-state index contributed by atoms with van der Waals surface area (Å²) in [5, 5.41) is 0. The van der Waals surface area contributed by atoms with Crippen molar-refractivity contribution in [2.24, 2.45) is 0 Å². The first-order valence-corrected chi connectivity index (χ1v) is 13.1. The van der Waals surface area contributed by atoms with Crippen LogP contribution in [0.4, 0.5) is 0 Å². The van der Waals surface area contributed by atoms with Crippen molar-refractivity contribution in [2.45, 2.75) is 68.8 Å². The Kier molecular flexibility index (Phi) is 12.7. The maximum Gasteiger partial charge on any atom is 0.216 e. The Labute approximate surface area is 240 Å². The van der Waals surface area contributed by atoms with E-state index >= 15 is 0 Å².